The van der Waals surface area contributed by atoms with Crippen LogP contribution in [-0.4, -0.2) is 40.5 Å². The highest BCUT2D eigenvalue weighted by Gasteiger charge is 2.27. The molecule has 2 aromatic rings. The highest BCUT2D eigenvalue weighted by atomic mass is 19.1. The minimum Gasteiger partial charge on any atom is -0.382 e. The summed E-state index contributed by atoms with van der Waals surface area (Å²) in [6, 6.07) is 6.51. The van der Waals surface area contributed by atoms with Crippen molar-refractivity contribution in [2.45, 2.75) is 18.9 Å². The summed E-state index contributed by atoms with van der Waals surface area (Å²) < 4.78 is 19.3. The number of ether oxygens (including phenoxy) is 1. The Balaban J connectivity index is 1.61. The monoisotopic (exact) mass is 330 g/mol. The Morgan fingerprint density at radius 3 is 2.92 bits per heavy atom. The van der Waals surface area contributed by atoms with Crippen LogP contribution < -0.4 is 5.73 Å². The van der Waals surface area contributed by atoms with Crippen LogP contribution in [0, 0.1) is 5.82 Å². The SMILES string of the molecule is Nc1nccnc1C1CN(C(=O)CCc2ccccc2F)CCO1. The number of hydrogen-bond acceptors (Lipinski definition) is 5. The fourth-order valence-corrected chi connectivity index (χ4v) is 2.75. The third kappa shape index (κ3) is 3.68. The molecule has 0 radical (unpaired) electrons. The number of carbonyl (C=O) groups is 1. The molecule has 1 atom stereocenters. The largest absolute Gasteiger partial charge is 0.382 e. The van der Waals surface area contributed by atoms with E-state index >= 15 is 0 Å². The average molecular weight is 330 g/mol. The summed E-state index contributed by atoms with van der Waals surface area (Å²) in [5, 5.41) is 0. The van der Waals surface area contributed by atoms with Gasteiger partial charge in [0.25, 0.3) is 0 Å². The number of morpholine rings is 1. The van der Waals surface area contributed by atoms with Gasteiger partial charge in [-0.2, -0.15) is 0 Å². The fraction of sp³-hybridized carbons (Fsp3) is 0.353. The van der Waals surface area contributed by atoms with E-state index in [1.54, 1.807) is 29.3 Å². The van der Waals surface area contributed by atoms with Gasteiger partial charge in [-0.25, -0.2) is 9.37 Å². The first-order chi connectivity index (χ1) is 11.6. The molecule has 2 N–H and O–H groups in total. The normalized spacial score (nSPS) is 17.7. The van der Waals surface area contributed by atoms with Gasteiger partial charge in [0, 0.05) is 25.4 Å². The van der Waals surface area contributed by atoms with E-state index in [1.807, 2.05) is 0 Å². The lowest BCUT2D eigenvalue weighted by Crippen LogP contribution is -2.42. The average Bonchev–Trinajstić information content (AvgIpc) is 2.61. The Morgan fingerprint density at radius 1 is 1.33 bits per heavy atom. The predicted octanol–water partition coefficient (Wildman–Crippen LogP) is 1.73. The van der Waals surface area contributed by atoms with Crippen LogP contribution in [0.25, 0.3) is 0 Å². The first-order valence-electron chi connectivity index (χ1n) is 7.84. The molecule has 1 unspecified atom stereocenters. The molecule has 7 heteroatoms. The topological polar surface area (TPSA) is 81.3 Å². The number of amides is 1. The lowest BCUT2D eigenvalue weighted by molar-refractivity contribution is -0.139. The summed E-state index contributed by atoms with van der Waals surface area (Å²) in [5.74, 6) is -0.00495. The molecule has 1 amide bonds. The Labute approximate surface area is 139 Å². The second-order valence-corrected chi connectivity index (χ2v) is 5.62. The molecular weight excluding hydrogens is 311 g/mol. The number of nitrogens with zero attached hydrogens (tertiary/aromatic N) is 3. The van der Waals surface area contributed by atoms with Gasteiger partial charge in [0.2, 0.25) is 5.91 Å². The molecule has 3 rings (SSSR count). The number of rotatable bonds is 4. The van der Waals surface area contributed by atoms with Gasteiger partial charge in [0.05, 0.1) is 13.2 Å². The molecule has 1 aliphatic rings. The molecule has 2 heterocycles. The molecule has 0 aliphatic carbocycles. The Kier molecular flexibility index (Phi) is 5.00. The van der Waals surface area contributed by atoms with Gasteiger partial charge >= 0.3 is 0 Å². The number of hydrogen-bond donors (Lipinski definition) is 1. The van der Waals surface area contributed by atoms with Crippen LogP contribution in [0.2, 0.25) is 0 Å². The van der Waals surface area contributed by atoms with Crippen LogP contribution in [0.4, 0.5) is 10.2 Å². The number of aromatic nitrogens is 2. The Hall–Kier alpha value is -2.54. The van der Waals surface area contributed by atoms with E-state index < -0.39 is 0 Å². The van der Waals surface area contributed by atoms with Crippen LogP contribution in [0.1, 0.15) is 23.8 Å². The summed E-state index contributed by atoms with van der Waals surface area (Å²) in [6.45, 7) is 1.29. The van der Waals surface area contributed by atoms with Gasteiger partial charge in [0.1, 0.15) is 23.4 Å². The smallest absolute Gasteiger partial charge is 0.223 e. The third-order valence-corrected chi connectivity index (χ3v) is 4.05. The zero-order chi connectivity index (χ0) is 16.9. The molecule has 1 aliphatic heterocycles. The van der Waals surface area contributed by atoms with Gasteiger partial charge in [-0.3, -0.25) is 9.78 Å². The van der Waals surface area contributed by atoms with Crippen molar-refractivity contribution in [1.29, 1.82) is 0 Å². The number of carbonyl (C=O) groups excluding carboxylic acids is 1. The Bertz CT molecular complexity index is 725. The van der Waals surface area contributed by atoms with Gasteiger partial charge in [-0.05, 0) is 18.1 Å². The van der Waals surface area contributed by atoms with Crippen LogP contribution in [-0.2, 0) is 16.0 Å². The first kappa shape index (κ1) is 16.3. The van der Waals surface area contributed by atoms with E-state index in [0.717, 1.165) is 0 Å². The van der Waals surface area contributed by atoms with Crippen molar-refractivity contribution in [1.82, 2.24) is 14.9 Å². The molecule has 6 nitrogen and oxygen atoms in total. The third-order valence-electron chi connectivity index (χ3n) is 4.05. The summed E-state index contributed by atoms with van der Waals surface area (Å²) in [4.78, 5) is 22.3. The first-order valence-corrected chi connectivity index (χ1v) is 7.84. The number of anilines is 1. The Morgan fingerprint density at radius 2 is 2.12 bits per heavy atom. The van der Waals surface area contributed by atoms with Crippen molar-refractivity contribution in [2.24, 2.45) is 0 Å². The fourth-order valence-electron chi connectivity index (χ4n) is 2.75. The van der Waals surface area contributed by atoms with E-state index in [4.69, 9.17) is 10.5 Å². The number of nitrogens with two attached hydrogens (primary N) is 1. The molecule has 0 bridgehead atoms. The van der Waals surface area contributed by atoms with Crippen molar-refractivity contribution < 1.29 is 13.9 Å². The molecule has 0 saturated carbocycles. The second-order valence-electron chi connectivity index (χ2n) is 5.62. The van der Waals surface area contributed by atoms with Crippen molar-refractivity contribution >= 4 is 11.7 Å². The van der Waals surface area contributed by atoms with Crippen LogP contribution in [0.3, 0.4) is 0 Å². The zero-order valence-corrected chi connectivity index (χ0v) is 13.2. The molecule has 24 heavy (non-hydrogen) atoms. The highest BCUT2D eigenvalue weighted by Crippen LogP contribution is 2.24. The van der Waals surface area contributed by atoms with Crippen molar-refractivity contribution in [3.05, 3.63) is 53.7 Å². The standard InChI is InChI=1S/C17H19FN4O2/c18-13-4-2-1-3-12(13)5-6-15(23)22-9-10-24-14(11-22)16-17(19)21-8-7-20-16/h1-4,7-8,14H,5-6,9-11H2,(H2,19,21). The highest BCUT2D eigenvalue weighted by molar-refractivity contribution is 5.76. The minimum absolute atomic E-state index is 0.0333. The maximum atomic E-state index is 13.6. The van der Waals surface area contributed by atoms with Crippen LogP contribution in [0.15, 0.2) is 36.7 Å². The summed E-state index contributed by atoms with van der Waals surface area (Å²) in [6.07, 6.45) is 3.31. The summed E-state index contributed by atoms with van der Waals surface area (Å²) in [7, 11) is 0. The van der Waals surface area contributed by atoms with Crippen LogP contribution >= 0.6 is 0 Å². The maximum Gasteiger partial charge on any atom is 0.223 e. The van der Waals surface area contributed by atoms with Crippen molar-refractivity contribution in [3.63, 3.8) is 0 Å². The molecule has 1 fully saturated rings. The van der Waals surface area contributed by atoms with Crippen molar-refractivity contribution in [2.75, 3.05) is 25.4 Å². The summed E-state index contributed by atoms with van der Waals surface area (Å²) in [5.41, 5.74) is 6.92. The lowest BCUT2D eigenvalue weighted by Gasteiger charge is -2.33. The van der Waals surface area contributed by atoms with Crippen LogP contribution in [0.5, 0.6) is 0 Å². The van der Waals surface area contributed by atoms with E-state index in [9.17, 15) is 9.18 Å². The minimum atomic E-state index is -0.384. The van der Waals surface area contributed by atoms with E-state index in [2.05, 4.69) is 9.97 Å². The van der Waals surface area contributed by atoms with E-state index in [-0.39, 0.29) is 24.2 Å². The quantitative estimate of drug-likeness (QED) is 0.923. The van der Waals surface area contributed by atoms with E-state index in [0.29, 0.717) is 43.2 Å². The van der Waals surface area contributed by atoms with Gasteiger partial charge in [0.15, 0.2) is 0 Å². The lowest BCUT2D eigenvalue weighted by atomic mass is 10.1. The second kappa shape index (κ2) is 7.35. The van der Waals surface area contributed by atoms with E-state index in [1.165, 1.54) is 12.3 Å². The molecule has 1 saturated heterocycles. The molecule has 1 aromatic carbocycles. The number of benzene rings is 1. The maximum absolute atomic E-state index is 13.6. The number of halogens is 1. The summed E-state index contributed by atoms with van der Waals surface area (Å²) >= 11 is 0. The van der Waals surface area contributed by atoms with Gasteiger partial charge in [-0.1, -0.05) is 18.2 Å². The van der Waals surface area contributed by atoms with Crippen molar-refractivity contribution in [3.8, 4) is 0 Å². The molecular formula is C17H19FN4O2. The number of nitrogen functional groups attached to an aromatic ring is 1. The van der Waals surface area contributed by atoms with Gasteiger partial charge in [-0.15, -0.1) is 0 Å². The predicted molar refractivity (Wildman–Crippen MR) is 86.4 cm³/mol. The zero-order valence-electron chi connectivity index (χ0n) is 13.2. The molecule has 126 valence electrons. The molecule has 1 aromatic heterocycles. The molecule has 0 spiro atoms. The van der Waals surface area contributed by atoms with Gasteiger partial charge < -0.3 is 15.4 Å². The number of aryl methyl sites for hydroxylation is 1.